The Balaban J connectivity index is 2.20. The lowest BCUT2D eigenvalue weighted by atomic mass is 10.1. The molecule has 0 spiro atoms. The number of nitrogens with two attached hydrogens (primary N) is 1. The zero-order valence-corrected chi connectivity index (χ0v) is 10.6. The third kappa shape index (κ3) is 2.75. The van der Waals surface area contributed by atoms with Crippen LogP contribution in [0.3, 0.4) is 0 Å². The van der Waals surface area contributed by atoms with Crippen molar-refractivity contribution in [2.45, 2.75) is 19.4 Å². The Morgan fingerprint density at radius 2 is 2.06 bits per heavy atom. The topological polar surface area (TPSA) is 74.2 Å². The van der Waals surface area contributed by atoms with E-state index in [0.717, 1.165) is 5.56 Å². The van der Waals surface area contributed by atoms with Gasteiger partial charge in [0.05, 0.1) is 6.61 Å². The second-order valence-corrected chi connectivity index (χ2v) is 4.34. The van der Waals surface area contributed by atoms with Gasteiger partial charge < -0.3 is 15.0 Å². The lowest BCUT2D eigenvalue weighted by Crippen LogP contribution is -2.39. The van der Waals surface area contributed by atoms with Crippen LogP contribution in [-0.4, -0.2) is 23.4 Å². The van der Waals surface area contributed by atoms with Gasteiger partial charge in [0.15, 0.2) is 5.82 Å². The molecule has 1 heterocycles. The van der Waals surface area contributed by atoms with E-state index < -0.39 is 5.54 Å². The minimum Gasteiger partial charge on any atom is -0.379 e. The summed E-state index contributed by atoms with van der Waals surface area (Å²) in [7, 11) is 0. The first-order valence-electron chi connectivity index (χ1n) is 5.89. The highest BCUT2D eigenvalue weighted by Crippen LogP contribution is 2.21. The molecular formula is C13H17N3O2. The van der Waals surface area contributed by atoms with Crippen molar-refractivity contribution in [1.82, 2.24) is 10.1 Å². The first kappa shape index (κ1) is 12.7. The number of nitrogens with zero attached hydrogens (tertiary/aromatic N) is 2. The summed E-state index contributed by atoms with van der Waals surface area (Å²) in [5.74, 6) is 0.925. The van der Waals surface area contributed by atoms with Crippen LogP contribution in [0.1, 0.15) is 19.7 Å². The van der Waals surface area contributed by atoms with Crippen molar-refractivity contribution < 1.29 is 9.26 Å². The molecule has 0 radical (unpaired) electrons. The lowest BCUT2D eigenvalue weighted by Gasteiger charge is -2.19. The molecule has 0 saturated heterocycles. The predicted molar refractivity (Wildman–Crippen MR) is 67.8 cm³/mol. The number of rotatable bonds is 5. The van der Waals surface area contributed by atoms with E-state index >= 15 is 0 Å². The molecule has 0 bridgehead atoms. The third-order valence-electron chi connectivity index (χ3n) is 2.56. The van der Waals surface area contributed by atoms with Gasteiger partial charge >= 0.3 is 0 Å². The number of hydrogen-bond donors (Lipinski definition) is 1. The first-order chi connectivity index (χ1) is 8.63. The fraction of sp³-hybridized carbons (Fsp3) is 0.385. The Morgan fingerprint density at radius 3 is 2.72 bits per heavy atom. The van der Waals surface area contributed by atoms with Gasteiger partial charge in [0.25, 0.3) is 5.89 Å². The molecule has 2 rings (SSSR count). The molecule has 1 aromatic heterocycles. The number of aromatic nitrogens is 2. The summed E-state index contributed by atoms with van der Waals surface area (Å²) >= 11 is 0. The largest absolute Gasteiger partial charge is 0.379 e. The lowest BCUT2D eigenvalue weighted by molar-refractivity contribution is 0.0962. The molecule has 1 aromatic carbocycles. The van der Waals surface area contributed by atoms with Crippen molar-refractivity contribution in [3.63, 3.8) is 0 Å². The molecule has 0 aliphatic carbocycles. The van der Waals surface area contributed by atoms with Crippen LogP contribution in [0.5, 0.6) is 0 Å². The van der Waals surface area contributed by atoms with E-state index in [2.05, 4.69) is 10.1 Å². The molecule has 1 unspecified atom stereocenters. The minimum absolute atomic E-state index is 0.358. The van der Waals surface area contributed by atoms with Gasteiger partial charge in [-0.2, -0.15) is 4.98 Å². The van der Waals surface area contributed by atoms with Crippen LogP contribution < -0.4 is 5.73 Å². The summed E-state index contributed by atoms with van der Waals surface area (Å²) in [6.45, 7) is 4.71. The Hall–Kier alpha value is -1.72. The monoisotopic (exact) mass is 247 g/mol. The maximum absolute atomic E-state index is 6.11. The summed E-state index contributed by atoms with van der Waals surface area (Å²) in [5, 5.41) is 3.93. The fourth-order valence-electron chi connectivity index (χ4n) is 1.53. The highest BCUT2D eigenvalue weighted by Gasteiger charge is 2.28. The smallest absolute Gasteiger partial charge is 0.257 e. The highest BCUT2D eigenvalue weighted by molar-refractivity contribution is 5.52. The second-order valence-electron chi connectivity index (χ2n) is 4.34. The van der Waals surface area contributed by atoms with Crippen molar-refractivity contribution in [1.29, 1.82) is 0 Å². The number of ether oxygens (including phenoxy) is 1. The van der Waals surface area contributed by atoms with E-state index in [9.17, 15) is 0 Å². The standard InChI is InChI=1S/C13H17N3O2/c1-3-17-9-13(2,14)12-15-11(18-16-12)10-7-5-4-6-8-10/h4-8H,3,9,14H2,1-2H3. The van der Waals surface area contributed by atoms with Gasteiger partial charge in [-0.3, -0.25) is 0 Å². The average molecular weight is 247 g/mol. The van der Waals surface area contributed by atoms with Crippen LogP contribution in [0.4, 0.5) is 0 Å². The van der Waals surface area contributed by atoms with Crippen LogP contribution in [0, 0.1) is 0 Å². The average Bonchev–Trinajstić information content (AvgIpc) is 2.88. The summed E-state index contributed by atoms with van der Waals surface area (Å²) in [6.07, 6.45) is 0. The van der Waals surface area contributed by atoms with Gasteiger partial charge in [0.1, 0.15) is 5.54 Å². The van der Waals surface area contributed by atoms with Crippen LogP contribution in [0.2, 0.25) is 0 Å². The molecule has 0 saturated carbocycles. The van der Waals surface area contributed by atoms with Crippen LogP contribution >= 0.6 is 0 Å². The molecule has 0 fully saturated rings. The Labute approximate surface area is 106 Å². The van der Waals surface area contributed by atoms with Gasteiger partial charge in [-0.05, 0) is 26.0 Å². The quantitative estimate of drug-likeness (QED) is 0.874. The molecule has 0 amide bonds. The Bertz CT molecular complexity index is 494. The van der Waals surface area contributed by atoms with Crippen LogP contribution in [-0.2, 0) is 10.3 Å². The Kier molecular flexibility index (Phi) is 3.74. The van der Waals surface area contributed by atoms with Gasteiger partial charge in [0, 0.05) is 12.2 Å². The van der Waals surface area contributed by atoms with E-state index in [1.165, 1.54) is 0 Å². The fourth-order valence-corrected chi connectivity index (χ4v) is 1.53. The van der Waals surface area contributed by atoms with E-state index in [-0.39, 0.29) is 0 Å². The maximum Gasteiger partial charge on any atom is 0.257 e. The molecular weight excluding hydrogens is 230 g/mol. The van der Waals surface area contributed by atoms with Crippen molar-refractivity contribution in [2.75, 3.05) is 13.2 Å². The molecule has 1 atom stereocenters. The van der Waals surface area contributed by atoms with E-state index in [1.54, 1.807) is 0 Å². The third-order valence-corrected chi connectivity index (χ3v) is 2.56. The van der Waals surface area contributed by atoms with Gasteiger partial charge in [-0.25, -0.2) is 0 Å². The summed E-state index contributed by atoms with van der Waals surface area (Å²) in [6, 6.07) is 9.59. The first-order valence-corrected chi connectivity index (χ1v) is 5.89. The van der Waals surface area contributed by atoms with E-state index in [0.29, 0.717) is 24.9 Å². The predicted octanol–water partition coefficient (Wildman–Crippen LogP) is 1.95. The minimum atomic E-state index is -0.744. The SMILES string of the molecule is CCOCC(C)(N)c1noc(-c2ccccc2)n1. The molecule has 96 valence electrons. The van der Waals surface area contributed by atoms with Crippen molar-refractivity contribution in [3.8, 4) is 11.5 Å². The van der Waals surface area contributed by atoms with E-state index in [4.69, 9.17) is 15.0 Å². The van der Waals surface area contributed by atoms with Crippen molar-refractivity contribution in [2.24, 2.45) is 5.73 Å². The van der Waals surface area contributed by atoms with Crippen molar-refractivity contribution >= 4 is 0 Å². The highest BCUT2D eigenvalue weighted by atomic mass is 16.5. The zero-order chi connectivity index (χ0) is 13.0. The van der Waals surface area contributed by atoms with E-state index in [1.807, 2.05) is 44.2 Å². The van der Waals surface area contributed by atoms with Crippen molar-refractivity contribution in [3.05, 3.63) is 36.2 Å². The molecule has 18 heavy (non-hydrogen) atoms. The van der Waals surface area contributed by atoms with Crippen LogP contribution in [0.25, 0.3) is 11.5 Å². The maximum atomic E-state index is 6.11. The molecule has 5 heteroatoms. The van der Waals surface area contributed by atoms with Crippen LogP contribution in [0.15, 0.2) is 34.9 Å². The normalized spacial score (nSPS) is 14.4. The summed E-state index contributed by atoms with van der Waals surface area (Å²) in [5.41, 5.74) is 6.24. The molecule has 5 nitrogen and oxygen atoms in total. The van der Waals surface area contributed by atoms with Gasteiger partial charge in [0.2, 0.25) is 0 Å². The molecule has 0 aliphatic rings. The number of benzene rings is 1. The molecule has 2 aromatic rings. The molecule has 2 N–H and O–H groups in total. The summed E-state index contributed by atoms with van der Waals surface area (Å²) < 4.78 is 10.5. The molecule has 0 aliphatic heterocycles. The number of hydrogen-bond acceptors (Lipinski definition) is 5. The Morgan fingerprint density at radius 1 is 1.33 bits per heavy atom. The summed E-state index contributed by atoms with van der Waals surface area (Å²) in [4.78, 5) is 4.32. The second kappa shape index (κ2) is 5.29. The van der Waals surface area contributed by atoms with Gasteiger partial charge in [-0.15, -0.1) is 0 Å². The van der Waals surface area contributed by atoms with Gasteiger partial charge in [-0.1, -0.05) is 23.4 Å². The zero-order valence-electron chi connectivity index (χ0n) is 10.6.